The molecule has 0 radical (unpaired) electrons. The Kier molecular flexibility index (Phi) is 4.30. The quantitative estimate of drug-likeness (QED) is 0.844. The van der Waals surface area contributed by atoms with Gasteiger partial charge in [0.05, 0.1) is 0 Å². The molecule has 1 aromatic heterocycles. The second-order valence-electron chi connectivity index (χ2n) is 3.90. The minimum absolute atomic E-state index is 0.186. The summed E-state index contributed by atoms with van der Waals surface area (Å²) >= 11 is 0. The van der Waals surface area contributed by atoms with E-state index in [9.17, 15) is 4.39 Å². The van der Waals surface area contributed by atoms with E-state index in [-0.39, 0.29) is 11.5 Å². The van der Waals surface area contributed by atoms with E-state index in [2.05, 4.69) is 16.9 Å². The third-order valence-corrected chi connectivity index (χ3v) is 2.44. The predicted octanol–water partition coefficient (Wildman–Crippen LogP) is 3.45. The van der Waals surface area contributed by atoms with E-state index in [1.165, 1.54) is 12.1 Å². The number of aromatic nitrogens is 1. The standard InChI is InChI=1S/C15H12FN3O/c1-2-9-18-15-13(10-17)19-14(20-15)8-5-11-3-6-12(16)7-4-11/h2-8,18H,1,9H2/b8-5+. The van der Waals surface area contributed by atoms with Crippen LogP contribution >= 0.6 is 0 Å². The Labute approximate surface area is 115 Å². The van der Waals surface area contributed by atoms with Crippen molar-refractivity contribution in [3.8, 4) is 6.07 Å². The van der Waals surface area contributed by atoms with Gasteiger partial charge in [-0.05, 0) is 23.8 Å². The summed E-state index contributed by atoms with van der Waals surface area (Å²) in [7, 11) is 0. The van der Waals surface area contributed by atoms with Crippen molar-refractivity contribution in [2.75, 3.05) is 11.9 Å². The summed E-state index contributed by atoms with van der Waals surface area (Å²) in [5.74, 6) is 0.324. The number of hydrogen-bond donors (Lipinski definition) is 1. The van der Waals surface area contributed by atoms with Crippen molar-refractivity contribution < 1.29 is 8.81 Å². The molecule has 0 fully saturated rings. The highest BCUT2D eigenvalue weighted by molar-refractivity contribution is 5.67. The van der Waals surface area contributed by atoms with Gasteiger partial charge < -0.3 is 9.73 Å². The fraction of sp³-hybridized carbons (Fsp3) is 0.0667. The largest absolute Gasteiger partial charge is 0.420 e. The lowest BCUT2D eigenvalue weighted by Gasteiger charge is -1.95. The van der Waals surface area contributed by atoms with Crippen LogP contribution in [0, 0.1) is 17.1 Å². The van der Waals surface area contributed by atoms with Crippen LogP contribution in [0.15, 0.2) is 41.3 Å². The summed E-state index contributed by atoms with van der Waals surface area (Å²) in [6.07, 6.45) is 4.99. The van der Waals surface area contributed by atoms with E-state index in [1.54, 1.807) is 30.4 Å². The Morgan fingerprint density at radius 3 is 2.75 bits per heavy atom. The van der Waals surface area contributed by atoms with Gasteiger partial charge in [-0.1, -0.05) is 18.2 Å². The Hall–Kier alpha value is -2.87. The van der Waals surface area contributed by atoms with Crippen molar-refractivity contribution in [2.24, 2.45) is 0 Å². The molecule has 0 saturated carbocycles. The summed E-state index contributed by atoms with van der Waals surface area (Å²) in [6.45, 7) is 4.05. The first-order valence-corrected chi connectivity index (χ1v) is 5.92. The van der Waals surface area contributed by atoms with Crippen molar-refractivity contribution in [3.63, 3.8) is 0 Å². The number of hydrogen-bond acceptors (Lipinski definition) is 4. The lowest BCUT2D eigenvalue weighted by atomic mass is 10.2. The Morgan fingerprint density at radius 1 is 1.35 bits per heavy atom. The maximum Gasteiger partial charge on any atom is 0.232 e. The molecule has 0 aliphatic rings. The Balaban J connectivity index is 2.17. The molecule has 1 aromatic carbocycles. The van der Waals surface area contributed by atoms with E-state index in [1.807, 2.05) is 6.07 Å². The summed E-state index contributed by atoms with van der Waals surface area (Å²) in [4.78, 5) is 4.03. The number of rotatable bonds is 5. The molecule has 100 valence electrons. The van der Waals surface area contributed by atoms with Gasteiger partial charge >= 0.3 is 0 Å². The predicted molar refractivity (Wildman–Crippen MR) is 75.2 cm³/mol. The monoisotopic (exact) mass is 269 g/mol. The van der Waals surface area contributed by atoms with Crippen molar-refractivity contribution >= 4 is 18.0 Å². The maximum absolute atomic E-state index is 12.8. The number of oxazole rings is 1. The lowest BCUT2D eigenvalue weighted by Crippen LogP contribution is -1.97. The smallest absolute Gasteiger partial charge is 0.232 e. The van der Waals surface area contributed by atoms with Crippen molar-refractivity contribution in [1.82, 2.24) is 4.98 Å². The molecule has 2 rings (SSSR count). The number of halogens is 1. The molecular weight excluding hydrogens is 257 g/mol. The molecule has 4 nitrogen and oxygen atoms in total. The normalized spacial score (nSPS) is 10.4. The minimum Gasteiger partial charge on any atom is -0.420 e. The second-order valence-corrected chi connectivity index (χ2v) is 3.90. The summed E-state index contributed by atoms with van der Waals surface area (Å²) in [6, 6.07) is 7.95. The number of nitrogens with zero attached hydrogens (tertiary/aromatic N) is 2. The van der Waals surface area contributed by atoms with Crippen molar-refractivity contribution in [3.05, 3.63) is 59.9 Å². The highest BCUT2D eigenvalue weighted by Crippen LogP contribution is 2.18. The number of nitrogens with one attached hydrogen (secondary N) is 1. The van der Waals surface area contributed by atoms with Crippen LogP contribution in [-0.4, -0.2) is 11.5 Å². The van der Waals surface area contributed by atoms with Gasteiger partial charge in [-0.3, -0.25) is 0 Å². The Morgan fingerprint density at radius 2 is 2.10 bits per heavy atom. The van der Waals surface area contributed by atoms with Gasteiger partial charge in [-0.15, -0.1) is 6.58 Å². The van der Waals surface area contributed by atoms with Gasteiger partial charge in [0, 0.05) is 12.6 Å². The minimum atomic E-state index is -0.291. The van der Waals surface area contributed by atoms with Gasteiger partial charge in [-0.25, -0.2) is 4.39 Å². The third kappa shape index (κ3) is 3.33. The van der Waals surface area contributed by atoms with Crippen LogP contribution < -0.4 is 5.32 Å². The third-order valence-electron chi connectivity index (χ3n) is 2.44. The summed E-state index contributed by atoms with van der Waals surface area (Å²) in [5.41, 5.74) is 0.995. The van der Waals surface area contributed by atoms with Crippen LogP contribution in [0.25, 0.3) is 12.2 Å². The average molecular weight is 269 g/mol. The zero-order chi connectivity index (χ0) is 14.4. The van der Waals surface area contributed by atoms with Gasteiger partial charge in [-0.2, -0.15) is 10.2 Å². The first-order valence-electron chi connectivity index (χ1n) is 5.92. The van der Waals surface area contributed by atoms with Crippen LogP contribution in [0.1, 0.15) is 17.1 Å². The van der Waals surface area contributed by atoms with Crippen LogP contribution in [0.2, 0.25) is 0 Å². The summed E-state index contributed by atoms with van der Waals surface area (Å²) < 4.78 is 18.2. The molecule has 0 atom stereocenters. The zero-order valence-electron chi connectivity index (χ0n) is 10.6. The molecule has 0 unspecified atom stereocenters. The molecule has 0 aliphatic heterocycles. The number of benzene rings is 1. The van der Waals surface area contributed by atoms with Crippen LogP contribution in [0.4, 0.5) is 10.3 Å². The fourth-order valence-electron chi connectivity index (χ4n) is 1.51. The van der Waals surface area contributed by atoms with Crippen molar-refractivity contribution in [1.29, 1.82) is 5.26 Å². The molecule has 5 heteroatoms. The zero-order valence-corrected chi connectivity index (χ0v) is 10.6. The first-order chi connectivity index (χ1) is 9.72. The average Bonchev–Trinajstić information content (AvgIpc) is 2.87. The van der Waals surface area contributed by atoms with E-state index < -0.39 is 0 Å². The molecule has 0 amide bonds. The van der Waals surface area contributed by atoms with Crippen LogP contribution in [-0.2, 0) is 0 Å². The van der Waals surface area contributed by atoms with Crippen LogP contribution in [0.5, 0.6) is 0 Å². The van der Waals surface area contributed by atoms with Gasteiger partial charge in [0.1, 0.15) is 11.9 Å². The SMILES string of the molecule is C=CCNc1oc(/C=C/c2ccc(F)cc2)nc1C#N. The molecule has 2 aromatic rings. The molecule has 0 spiro atoms. The first kappa shape index (κ1) is 13.6. The number of nitriles is 1. The second kappa shape index (κ2) is 6.34. The highest BCUT2D eigenvalue weighted by atomic mass is 19.1. The highest BCUT2D eigenvalue weighted by Gasteiger charge is 2.09. The molecule has 0 aliphatic carbocycles. The topological polar surface area (TPSA) is 61.9 Å². The molecule has 0 bridgehead atoms. The van der Waals surface area contributed by atoms with E-state index in [4.69, 9.17) is 9.68 Å². The van der Waals surface area contributed by atoms with E-state index in [0.717, 1.165) is 5.56 Å². The summed E-state index contributed by atoms with van der Waals surface area (Å²) in [5, 5.41) is 11.8. The molecule has 1 N–H and O–H groups in total. The fourth-order valence-corrected chi connectivity index (χ4v) is 1.51. The van der Waals surface area contributed by atoms with Gasteiger partial charge in [0.25, 0.3) is 0 Å². The van der Waals surface area contributed by atoms with Crippen molar-refractivity contribution in [2.45, 2.75) is 0 Å². The number of anilines is 1. The van der Waals surface area contributed by atoms with Crippen LogP contribution in [0.3, 0.4) is 0 Å². The van der Waals surface area contributed by atoms with E-state index >= 15 is 0 Å². The Bertz CT molecular complexity index is 665. The van der Waals surface area contributed by atoms with Gasteiger partial charge in [0.2, 0.25) is 17.5 Å². The maximum atomic E-state index is 12.8. The molecular formula is C15H12FN3O. The lowest BCUT2D eigenvalue weighted by molar-refractivity contribution is 0.560. The molecule has 1 heterocycles. The molecule has 20 heavy (non-hydrogen) atoms. The van der Waals surface area contributed by atoms with Gasteiger partial charge in [0.15, 0.2) is 0 Å². The molecule has 0 saturated heterocycles. The van der Waals surface area contributed by atoms with E-state index in [0.29, 0.717) is 18.3 Å².